The van der Waals surface area contributed by atoms with Crippen LogP contribution < -0.4 is 10.9 Å². The lowest BCUT2D eigenvalue weighted by Crippen LogP contribution is -2.33. The van der Waals surface area contributed by atoms with Crippen LogP contribution >= 0.6 is 0 Å². The van der Waals surface area contributed by atoms with Crippen molar-refractivity contribution in [2.75, 3.05) is 19.6 Å². The molecule has 1 aliphatic heterocycles. The van der Waals surface area contributed by atoms with E-state index < -0.39 is 0 Å². The molecule has 0 aliphatic carbocycles. The van der Waals surface area contributed by atoms with Crippen molar-refractivity contribution < 1.29 is 9.59 Å². The van der Waals surface area contributed by atoms with Crippen molar-refractivity contribution in [2.45, 2.75) is 33.1 Å². The third-order valence-corrected chi connectivity index (χ3v) is 5.35. The van der Waals surface area contributed by atoms with Crippen LogP contribution in [0.4, 0.5) is 0 Å². The van der Waals surface area contributed by atoms with Crippen molar-refractivity contribution in [2.24, 2.45) is 18.9 Å². The van der Waals surface area contributed by atoms with Gasteiger partial charge in [0.05, 0.1) is 6.33 Å². The molecule has 0 bridgehead atoms. The number of aromatic amines is 1. The number of imidazole rings is 1. The van der Waals surface area contributed by atoms with Gasteiger partial charge < -0.3 is 19.8 Å². The van der Waals surface area contributed by atoms with Crippen molar-refractivity contribution in [3.8, 4) is 0 Å². The first-order valence-corrected chi connectivity index (χ1v) is 9.97. The first kappa shape index (κ1) is 20.8. The zero-order valence-corrected chi connectivity index (χ0v) is 17.4. The molecule has 0 spiro atoms. The van der Waals surface area contributed by atoms with Gasteiger partial charge in [-0.1, -0.05) is 13.8 Å². The number of hydrogen-bond donors (Lipinski definition) is 2. The van der Waals surface area contributed by atoms with Crippen molar-refractivity contribution in [1.29, 1.82) is 0 Å². The Morgan fingerprint density at radius 2 is 2.07 bits per heavy atom. The van der Waals surface area contributed by atoms with E-state index in [1.807, 2.05) is 17.8 Å². The molecule has 8 nitrogen and oxygen atoms in total. The summed E-state index contributed by atoms with van der Waals surface area (Å²) in [6.45, 7) is 7.15. The Bertz CT molecular complexity index is 946. The lowest BCUT2D eigenvalue weighted by Gasteiger charge is -2.18. The Labute approximate surface area is 170 Å². The molecule has 1 fully saturated rings. The van der Waals surface area contributed by atoms with Gasteiger partial charge in [-0.2, -0.15) is 0 Å². The van der Waals surface area contributed by atoms with Gasteiger partial charge in [-0.3, -0.25) is 14.4 Å². The lowest BCUT2D eigenvalue weighted by molar-refractivity contribution is -0.119. The van der Waals surface area contributed by atoms with E-state index in [1.54, 1.807) is 17.3 Å². The normalized spacial score (nSPS) is 19.0. The number of H-pyrrole nitrogens is 1. The highest BCUT2D eigenvalue weighted by molar-refractivity contribution is 5.94. The fourth-order valence-corrected chi connectivity index (χ4v) is 4.04. The van der Waals surface area contributed by atoms with Gasteiger partial charge >= 0.3 is 0 Å². The second-order valence-corrected chi connectivity index (χ2v) is 8.30. The number of carbonyl (C=O) groups excluding carboxylic acids is 2. The highest BCUT2D eigenvalue weighted by Gasteiger charge is 2.38. The molecule has 8 heteroatoms. The van der Waals surface area contributed by atoms with Crippen molar-refractivity contribution in [1.82, 2.24) is 24.8 Å². The summed E-state index contributed by atoms with van der Waals surface area (Å²) >= 11 is 0. The summed E-state index contributed by atoms with van der Waals surface area (Å²) in [5.41, 5.74) is 1.95. The maximum absolute atomic E-state index is 13.2. The molecule has 2 amide bonds. The van der Waals surface area contributed by atoms with E-state index in [4.69, 9.17) is 0 Å². The van der Waals surface area contributed by atoms with Crippen LogP contribution in [0.1, 0.15) is 48.4 Å². The van der Waals surface area contributed by atoms with Gasteiger partial charge in [0.2, 0.25) is 11.5 Å². The van der Waals surface area contributed by atoms with Crippen molar-refractivity contribution in [3.63, 3.8) is 0 Å². The average Bonchev–Trinajstić information content (AvgIpc) is 3.23. The van der Waals surface area contributed by atoms with Gasteiger partial charge in [0, 0.05) is 74.7 Å². The van der Waals surface area contributed by atoms with Crippen LogP contribution in [0, 0.1) is 11.8 Å². The second-order valence-electron chi connectivity index (χ2n) is 8.30. The number of pyridine rings is 1. The van der Waals surface area contributed by atoms with Gasteiger partial charge in [0.15, 0.2) is 0 Å². The van der Waals surface area contributed by atoms with Gasteiger partial charge in [-0.05, 0) is 18.4 Å². The van der Waals surface area contributed by atoms with Gasteiger partial charge in [0.25, 0.3) is 5.91 Å². The predicted octanol–water partition coefficient (Wildman–Crippen LogP) is 1.30. The fraction of sp³-hybridized carbons (Fsp3) is 0.524. The van der Waals surface area contributed by atoms with Crippen LogP contribution in [0.2, 0.25) is 0 Å². The quantitative estimate of drug-likeness (QED) is 0.765. The molecule has 1 aliphatic rings. The minimum absolute atomic E-state index is 0.0652. The van der Waals surface area contributed by atoms with E-state index in [0.29, 0.717) is 37.5 Å². The van der Waals surface area contributed by atoms with E-state index >= 15 is 0 Å². The third kappa shape index (κ3) is 4.93. The predicted molar refractivity (Wildman–Crippen MR) is 110 cm³/mol. The summed E-state index contributed by atoms with van der Waals surface area (Å²) < 4.78 is 1.95. The summed E-state index contributed by atoms with van der Waals surface area (Å²) in [5, 5.41) is 2.88. The molecular weight excluding hydrogens is 370 g/mol. The molecule has 2 N–H and O–H groups in total. The maximum atomic E-state index is 13.2. The van der Waals surface area contributed by atoms with Crippen LogP contribution in [0.3, 0.4) is 0 Å². The zero-order valence-electron chi connectivity index (χ0n) is 17.4. The highest BCUT2D eigenvalue weighted by Crippen LogP contribution is 2.32. The third-order valence-electron chi connectivity index (χ3n) is 5.35. The molecule has 29 heavy (non-hydrogen) atoms. The minimum Gasteiger partial charge on any atom is -0.356 e. The van der Waals surface area contributed by atoms with Crippen molar-refractivity contribution >= 4 is 11.8 Å². The lowest BCUT2D eigenvalue weighted by atomic mass is 9.93. The number of rotatable bonds is 6. The molecule has 2 aromatic rings. The number of hydrogen-bond acceptors (Lipinski definition) is 4. The molecule has 2 aromatic heterocycles. The molecule has 0 unspecified atom stereocenters. The second kappa shape index (κ2) is 8.63. The molecular formula is C21H29N5O3. The summed E-state index contributed by atoms with van der Waals surface area (Å²) in [6.07, 6.45) is 4.26. The van der Waals surface area contributed by atoms with Crippen molar-refractivity contribution in [3.05, 3.63) is 52.0 Å². The fourth-order valence-electron chi connectivity index (χ4n) is 4.04. The number of amides is 2. The largest absolute Gasteiger partial charge is 0.356 e. The Kier molecular flexibility index (Phi) is 6.20. The van der Waals surface area contributed by atoms with Gasteiger partial charge in [-0.25, -0.2) is 4.98 Å². The van der Waals surface area contributed by atoms with Crippen LogP contribution in [-0.2, 0) is 18.3 Å². The van der Waals surface area contributed by atoms with E-state index in [9.17, 15) is 14.4 Å². The van der Waals surface area contributed by atoms with E-state index in [1.165, 1.54) is 13.0 Å². The number of carbonyl (C=O) groups is 2. The Morgan fingerprint density at radius 1 is 1.31 bits per heavy atom. The Morgan fingerprint density at radius 3 is 2.69 bits per heavy atom. The first-order chi connectivity index (χ1) is 13.7. The molecule has 2 atom stereocenters. The summed E-state index contributed by atoms with van der Waals surface area (Å²) in [4.78, 5) is 45.5. The number of aromatic nitrogens is 3. The number of nitrogens with zero attached hydrogens (tertiary/aromatic N) is 3. The smallest absolute Gasteiger partial charge is 0.254 e. The molecule has 0 aromatic carbocycles. The number of nitrogens with one attached hydrogen (secondary N) is 2. The Balaban J connectivity index is 1.84. The molecule has 3 heterocycles. The van der Waals surface area contributed by atoms with Crippen LogP contribution in [0.5, 0.6) is 0 Å². The van der Waals surface area contributed by atoms with E-state index in [-0.39, 0.29) is 29.2 Å². The Hall–Kier alpha value is -2.90. The molecule has 156 valence electrons. The molecule has 3 rings (SSSR count). The summed E-state index contributed by atoms with van der Waals surface area (Å²) in [7, 11) is 1.93. The van der Waals surface area contributed by atoms with Crippen LogP contribution in [-0.4, -0.2) is 50.9 Å². The summed E-state index contributed by atoms with van der Waals surface area (Å²) in [5.74, 6) is 0.273. The maximum Gasteiger partial charge on any atom is 0.254 e. The van der Waals surface area contributed by atoms with Crippen LogP contribution in [0.25, 0.3) is 0 Å². The van der Waals surface area contributed by atoms with Crippen LogP contribution in [0.15, 0.2) is 29.5 Å². The standard InChI is InChI=1S/C21H29N5O3/c1-13(2)5-17-6-15(7-20(28)24-17)21(29)26-10-16(8-23-14(3)27)18(11-26)19-9-22-12-25(19)4/h6-7,9,12-13,16,18H,5,8,10-11H2,1-4H3,(H,23,27)(H,24,28)/t16-,18-/m1/s1. The monoisotopic (exact) mass is 399 g/mol. The topological polar surface area (TPSA) is 100 Å². The van der Waals surface area contributed by atoms with Gasteiger partial charge in [-0.15, -0.1) is 0 Å². The minimum atomic E-state index is -0.260. The first-order valence-electron chi connectivity index (χ1n) is 9.97. The van der Waals surface area contributed by atoms with E-state index in [2.05, 4.69) is 29.1 Å². The van der Waals surface area contributed by atoms with E-state index in [0.717, 1.165) is 11.4 Å². The summed E-state index contributed by atoms with van der Waals surface area (Å²) in [6, 6.07) is 3.15. The highest BCUT2D eigenvalue weighted by atomic mass is 16.2. The SMILES string of the molecule is CC(=O)NC[C@@H]1CN(C(=O)c2cc(CC(C)C)[nH]c(=O)c2)C[C@H]1c1cncn1C. The molecule has 0 radical (unpaired) electrons. The zero-order chi connectivity index (χ0) is 21.1. The molecule has 1 saturated heterocycles. The number of likely N-dealkylation sites (tertiary alicyclic amines) is 1. The molecule has 0 saturated carbocycles. The average molecular weight is 399 g/mol. The van der Waals surface area contributed by atoms with Gasteiger partial charge in [0.1, 0.15) is 0 Å². The number of aryl methyl sites for hydroxylation is 1.